The molecule has 6 heteroatoms. The molecule has 1 N–H and O–H groups in total. The van der Waals surface area contributed by atoms with E-state index in [1.807, 2.05) is 29.3 Å². The van der Waals surface area contributed by atoms with Crippen LogP contribution in [0.25, 0.3) is 22.3 Å². The molecule has 1 aliphatic carbocycles. The van der Waals surface area contributed by atoms with Crippen LogP contribution in [0, 0.1) is 23.2 Å². The molecule has 0 spiro atoms. The highest BCUT2D eigenvalue weighted by Gasteiger charge is 2.34. The number of hydrogen-bond donors (Lipinski definition) is 1. The molecule has 23 heavy (non-hydrogen) atoms. The van der Waals surface area contributed by atoms with Gasteiger partial charge < -0.3 is 4.98 Å². The summed E-state index contributed by atoms with van der Waals surface area (Å²) in [4.78, 5) is 11.7. The van der Waals surface area contributed by atoms with E-state index in [1.54, 1.807) is 6.33 Å². The number of aromatic amines is 1. The minimum absolute atomic E-state index is 0.161. The van der Waals surface area contributed by atoms with Crippen LogP contribution < -0.4 is 0 Å². The second-order valence-corrected chi connectivity index (χ2v) is 6.44. The van der Waals surface area contributed by atoms with Crippen LogP contribution >= 0.6 is 0 Å². The van der Waals surface area contributed by atoms with Gasteiger partial charge in [-0.25, -0.2) is 9.97 Å². The second-order valence-electron chi connectivity index (χ2n) is 6.44. The number of H-pyrrole nitrogens is 1. The minimum atomic E-state index is 0.161. The van der Waals surface area contributed by atoms with Crippen LogP contribution in [0.15, 0.2) is 31.0 Å². The van der Waals surface area contributed by atoms with E-state index in [0.29, 0.717) is 12.3 Å². The molecule has 6 nitrogen and oxygen atoms in total. The van der Waals surface area contributed by atoms with Crippen molar-refractivity contribution in [2.24, 2.45) is 11.8 Å². The first-order valence-corrected chi connectivity index (χ1v) is 7.96. The number of nitrogens with zero attached hydrogens (tertiary/aromatic N) is 5. The van der Waals surface area contributed by atoms with Gasteiger partial charge in [0.25, 0.3) is 0 Å². The normalized spacial score (nSPS) is 21.7. The van der Waals surface area contributed by atoms with E-state index in [4.69, 9.17) is 5.26 Å². The van der Waals surface area contributed by atoms with Gasteiger partial charge in [0.1, 0.15) is 12.0 Å². The Kier molecular flexibility index (Phi) is 3.34. The Morgan fingerprint density at radius 2 is 2.30 bits per heavy atom. The smallest absolute Gasteiger partial charge is 0.141 e. The number of nitrogens with one attached hydrogen (secondary N) is 1. The van der Waals surface area contributed by atoms with Crippen molar-refractivity contribution < 1.29 is 0 Å². The zero-order chi connectivity index (χ0) is 15.8. The molecule has 0 amide bonds. The average molecular weight is 306 g/mol. The quantitative estimate of drug-likeness (QED) is 0.801. The van der Waals surface area contributed by atoms with Crippen molar-refractivity contribution in [3.8, 4) is 17.3 Å². The molecule has 1 fully saturated rings. The Balaban J connectivity index is 1.68. The van der Waals surface area contributed by atoms with Crippen LogP contribution in [-0.2, 0) is 0 Å². The molecule has 116 valence electrons. The molecule has 3 aromatic rings. The molecule has 3 heterocycles. The van der Waals surface area contributed by atoms with Crippen LogP contribution in [0.3, 0.4) is 0 Å². The van der Waals surface area contributed by atoms with E-state index in [9.17, 15) is 0 Å². The highest BCUT2D eigenvalue weighted by Crippen LogP contribution is 2.42. The first-order chi connectivity index (χ1) is 11.3. The van der Waals surface area contributed by atoms with Crippen molar-refractivity contribution in [2.45, 2.75) is 32.2 Å². The van der Waals surface area contributed by atoms with Crippen molar-refractivity contribution in [3.63, 3.8) is 0 Å². The second kappa shape index (κ2) is 5.51. The lowest BCUT2D eigenvalue weighted by molar-refractivity contribution is 0.134. The molecule has 1 unspecified atom stereocenters. The summed E-state index contributed by atoms with van der Waals surface area (Å²) >= 11 is 0. The summed E-state index contributed by atoms with van der Waals surface area (Å²) in [7, 11) is 0. The van der Waals surface area contributed by atoms with Gasteiger partial charge in [-0.05, 0) is 30.7 Å². The summed E-state index contributed by atoms with van der Waals surface area (Å²) in [6.45, 7) is 2.26. The van der Waals surface area contributed by atoms with Crippen molar-refractivity contribution >= 4 is 11.0 Å². The largest absolute Gasteiger partial charge is 0.346 e. The minimum Gasteiger partial charge on any atom is -0.346 e. The predicted molar refractivity (Wildman–Crippen MR) is 86.3 cm³/mol. The summed E-state index contributed by atoms with van der Waals surface area (Å²) in [6.07, 6.45) is 10.1. The van der Waals surface area contributed by atoms with Crippen LogP contribution in [0.1, 0.15) is 32.2 Å². The Morgan fingerprint density at radius 3 is 3.09 bits per heavy atom. The van der Waals surface area contributed by atoms with Crippen LogP contribution in [-0.4, -0.2) is 24.7 Å². The van der Waals surface area contributed by atoms with Crippen molar-refractivity contribution in [2.75, 3.05) is 0 Å². The Hall–Kier alpha value is -2.68. The first-order valence-electron chi connectivity index (χ1n) is 7.96. The fourth-order valence-electron chi connectivity index (χ4n) is 3.59. The maximum Gasteiger partial charge on any atom is 0.141 e. The zero-order valence-corrected chi connectivity index (χ0v) is 13.0. The van der Waals surface area contributed by atoms with Crippen molar-refractivity contribution in [1.29, 1.82) is 5.26 Å². The van der Waals surface area contributed by atoms with E-state index >= 15 is 0 Å². The highest BCUT2D eigenvalue weighted by atomic mass is 15.3. The summed E-state index contributed by atoms with van der Waals surface area (Å²) in [5.41, 5.74) is 2.66. The van der Waals surface area contributed by atoms with Crippen LogP contribution in [0.5, 0.6) is 0 Å². The molecule has 0 aliphatic heterocycles. The fourth-order valence-corrected chi connectivity index (χ4v) is 3.59. The molecule has 0 saturated heterocycles. The van der Waals surface area contributed by atoms with Gasteiger partial charge in [-0.2, -0.15) is 10.4 Å². The predicted octanol–water partition coefficient (Wildman–Crippen LogP) is 3.32. The molecule has 3 aromatic heterocycles. The van der Waals surface area contributed by atoms with Gasteiger partial charge in [0, 0.05) is 23.3 Å². The summed E-state index contributed by atoms with van der Waals surface area (Å²) in [5, 5.41) is 14.7. The maximum absolute atomic E-state index is 9.15. The van der Waals surface area contributed by atoms with Gasteiger partial charge in [-0.3, -0.25) is 4.68 Å². The van der Waals surface area contributed by atoms with E-state index in [2.05, 4.69) is 33.0 Å². The molecular formula is C17H18N6. The Bertz CT molecular complexity index is 864. The third-order valence-corrected chi connectivity index (χ3v) is 4.82. The molecule has 0 aromatic carbocycles. The third kappa shape index (κ3) is 2.38. The molecule has 1 aliphatic rings. The molecule has 0 bridgehead atoms. The fraction of sp³-hybridized carbons (Fsp3) is 0.412. The standard InChI is InChI=1S/C17H18N6/c1-11-6-12(7-11)15(2-4-18)23-9-13(8-22-23)16-14-3-5-19-17(14)21-10-20-16/h3,5,8-12,15H,2,6-7H2,1H3,(H,19,20,21)/t11-,12-,15?. The summed E-state index contributed by atoms with van der Waals surface area (Å²) in [6, 6.07) is 4.45. The molecule has 0 radical (unpaired) electrons. The molecule has 1 saturated carbocycles. The van der Waals surface area contributed by atoms with Gasteiger partial charge in [0.05, 0.1) is 30.4 Å². The van der Waals surface area contributed by atoms with Gasteiger partial charge in [0.2, 0.25) is 0 Å². The SMILES string of the molecule is C[C@H]1C[C@H](C(CC#N)n2cc(-c3ncnc4[nH]ccc34)cn2)C1. The lowest BCUT2D eigenvalue weighted by Crippen LogP contribution is -2.30. The third-order valence-electron chi connectivity index (χ3n) is 4.82. The van der Waals surface area contributed by atoms with Crippen molar-refractivity contribution in [3.05, 3.63) is 31.0 Å². The number of aromatic nitrogens is 5. The Morgan fingerprint density at radius 1 is 1.43 bits per heavy atom. The lowest BCUT2D eigenvalue weighted by atomic mass is 9.71. The van der Waals surface area contributed by atoms with Crippen LogP contribution in [0.2, 0.25) is 0 Å². The molecule has 4 rings (SSSR count). The first kappa shape index (κ1) is 13.9. The summed E-state index contributed by atoms with van der Waals surface area (Å²) < 4.78 is 1.95. The van der Waals surface area contributed by atoms with Crippen molar-refractivity contribution in [1.82, 2.24) is 24.7 Å². The highest BCUT2D eigenvalue weighted by molar-refractivity contribution is 5.89. The number of hydrogen-bond acceptors (Lipinski definition) is 4. The maximum atomic E-state index is 9.15. The van der Waals surface area contributed by atoms with E-state index in [-0.39, 0.29) is 6.04 Å². The van der Waals surface area contributed by atoms with Gasteiger partial charge in [-0.1, -0.05) is 6.92 Å². The monoisotopic (exact) mass is 306 g/mol. The topological polar surface area (TPSA) is 83.2 Å². The summed E-state index contributed by atoms with van der Waals surface area (Å²) in [5.74, 6) is 1.31. The number of rotatable bonds is 4. The molecular weight excluding hydrogens is 288 g/mol. The van der Waals surface area contributed by atoms with Gasteiger partial charge in [-0.15, -0.1) is 0 Å². The van der Waals surface area contributed by atoms with Crippen LogP contribution in [0.4, 0.5) is 0 Å². The number of nitriles is 1. The van der Waals surface area contributed by atoms with Gasteiger partial charge >= 0.3 is 0 Å². The Labute approximate surface area is 134 Å². The van der Waals surface area contributed by atoms with E-state index in [1.165, 1.54) is 12.8 Å². The van der Waals surface area contributed by atoms with Gasteiger partial charge in [0.15, 0.2) is 0 Å². The molecule has 1 atom stereocenters. The number of fused-ring (bicyclic) bond motifs is 1. The van der Waals surface area contributed by atoms with E-state index in [0.717, 1.165) is 28.2 Å². The average Bonchev–Trinajstić information content (AvgIpc) is 3.18. The lowest BCUT2D eigenvalue weighted by Gasteiger charge is -2.37. The van der Waals surface area contributed by atoms with E-state index < -0.39 is 0 Å². The zero-order valence-electron chi connectivity index (χ0n) is 13.0.